The van der Waals surface area contributed by atoms with Crippen molar-refractivity contribution >= 4 is 23.0 Å². The molecule has 0 bridgehead atoms. The quantitative estimate of drug-likeness (QED) is 0.683. The maximum atomic E-state index is 13.4. The Bertz CT molecular complexity index is 814. The Morgan fingerprint density at radius 2 is 1.75 bits per heavy atom. The number of nitrogens with zero attached hydrogens (tertiary/aromatic N) is 3. The van der Waals surface area contributed by atoms with E-state index >= 15 is 0 Å². The second kappa shape index (κ2) is 4.64. The van der Waals surface area contributed by atoms with Gasteiger partial charge in [-0.25, -0.2) is 13.8 Å². The summed E-state index contributed by atoms with van der Waals surface area (Å²) < 4.78 is 27.2. The molecule has 0 N–H and O–H groups in total. The van der Waals surface area contributed by atoms with E-state index in [0.29, 0.717) is 0 Å². The summed E-state index contributed by atoms with van der Waals surface area (Å²) in [6.45, 7) is 0. The molecular weight excluding hydrogens is 288 g/mol. The fourth-order valence-electron chi connectivity index (χ4n) is 1.77. The SMILES string of the molecule is O=C(c1ccc(F)cc1)c1nc(Cl)n2c(F)ccc2n1. The van der Waals surface area contributed by atoms with Crippen molar-refractivity contribution in [2.45, 2.75) is 0 Å². The molecule has 0 aliphatic carbocycles. The topological polar surface area (TPSA) is 47.3 Å². The third-order valence-electron chi connectivity index (χ3n) is 2.73. The van der Waals surface area contributed by atoms with Crippen LogP contribution in [0.15, 0.2) is 36.4 Å². The molecule has 0 saturated carbocycles. The largest absolute Gasteiger partial charge is 0.285 e. The summed E-state index contributed by atoms with van der Waals surface area (Å²) in [5, 5.41) is -0.206. The zero-order valence-electron chi connectivity index (χ0n) is 9.85. The van der Waals surface area contributed by atoms with Crippen molar-refractivity contribution in [3.63, 3.8) is 0 Å². The minimum Gasteiger partial charge on any atom is -0.285 e. The first-order valence-electron chi connectivity index (χ1n) is 5.57. The lowest BCUT2D eigenvalue weighted by molar-refractivity contribution is 0.102. The van der Waals surface area contributed by atoms with Crippen LogP contribution in [-0.4, -0.2) is 20.2 Å². The number of hydrogen-bond acceptors (Lipinski definition) is 3. The molecule has 20 heavy (non-hydrogen) atoms. The number of carbonyl (C=O) groups excluding carboxylic acids is 1. The van der Waals surface area contributed by atoms with E-state index in [9.17, 15) is 13.6 Å². The Morgan fingerprint density at radius 3 is 2.45 bits per heavy atom. The van der Waals surface area contributed by atoms with Crippen LogP contribution in [0.3, 0.4) is 0 Å². The highest BCUT2D eigenvalue weighted by Crippen LogP contribution is 2.15. The van der Waals surface area contributed by atoms with Crippen LogP contribution >= 0.6 is 11.6 Å². The summed E-state index contributed by atoms with van der Waals surface area (Å²) in [5.74, 6) is -1.77. The second-order valence-corrected chi connectivity index (χ2v) is 4.34. The Balaban J connectivity index is 2.10. The number of aromatic nitrogens is 3. The van der Waals surface area contributed by atoms with Gasteiger partial charge in [0.05, 0.1) is 0 Å². The third-order valence-corrected chi connectivity index (χ3v) is 2.98. The van der Waals surface area contributed by atoms with Crippen LogP contribution in [-0.2, 0) is 0 Å². The first-order valence-corrected chi connectivity index (χ1v) is 5.95. The van der Waals surface area contributed by atoms with Crippen LogP contribution in [0.1, 0.15) is 16.2 Å². The number of ketones is 1. The Hall–Kier alpha value is -2.34. The van der Waals surface area contributed by atoms with Crippen LogP contribution in [0, 0.1) is 11.8 Å². The van der Waals surface area contributed by atoms with E-state index in [1.807, 2.05) is 0 Å². The van der Waals surface area contributed by atoms with E-state index in [4.69, 9.17) is 11.6 Å². The summed E-state index contributed by atoms with van der Waals surface area (Å²) in [6, 6.07) is 7.50. The van der Waals surface area contributed by atoms with Gasteiger partial charge >= 0.3 is 0 Å². The molecule has 4 nitrogen and oxygen atoms in total. The smallest absolute Gasteiger partial charge is 0.230 e. The summed E-state index contributed by atoms with van der Waals surface area (Å²) in [6.07, 6.45) is 0. The fraction of sp³-hybridized carbons (Fsp3) is 0. The summed E-state index contributed by atoms with van der Waals surface area (Å²) in [4.78, 5) is 19.9. The molecular formula is C13H6ClF2N3O. The highest BCUT2D eigenvalue weighted by Gasteiger charge is 2.16. The van der Waals surface area contributed by atoms with Gasteiger partial charge in [-0.05, 0) is 48.0 Å². The molecule has 7 heteroatoms. The molecule has 0 aliphatic rings. The molecule has 0 radical (unpaired) electrons. The first kappa shape index (κ1) is 12.7. The molecule has 0 amide bonds. The molecule has 3 rings (SSSR count). The monoisotopic (exact) mass is 293 g/mol. The predicted molar refractivity (Wildman–Crippen MR) is 67.8 cm³/mol. The number of rotatable bonds is 2. The summed E-state index contributed by atoms with van der Waals surface area (Å²) in [5.41, 5.74) is 0.395. The van der Waals surface area contributed by atoms with Crippen molar-refractivity contribution in [3.8, 4) is 0 Å². The van der Waals surface area contributed by atoms with Gasteiger partial charge in [0, 0.05) is 5.56 Å². The standard InChI is InChI=1S/C13H6ClF2N3O/c14-13-18-12(17-10-6-5-9(16)19(10)13)11(20)7-1-3-8(15)4-2-7/h1-6H. The maximum Gasteiger partial charge on any atom is 0.230 e. The van der Waals surface area contributed by atoms with E-state index in [-0.39, 0.29) is 22.3 Å². The molecule has 0 aliphatic heterocycles. The van der Waals surface area contributed by atoms with E-state index in [1.165, 1.54) is 24.3 Å². The number of hydrogen-bond donors (Lipinski definition) is 0. The molecule has 0 spiro atoms. The third kappa shape index (κ3) is 2.04. The van der Waals surface area contributed by atoms with Crippen molar-refractivity contribution in [1.29, 1.82) is 0 Å². The van der Waals surface area contributed by atoms with Crippen LogP contribution in [0.25, 0.3) is 5.65 Å². The summed E-state index contributed by atoms with van der Waals surface area (Å²) >= 11 is 5.83. The molecule has 2 aromatic heterocycles. The minimum atomic E-state index is -0.620. The van der Waals surface area contributed by atoms with Gasteiger partial charge in [-0.1, -0.05) is 0 Å². The van der Waals surface area contributed by atoms with Crippen molar-refractivity contribution in [3.05, 3.63) is 64.8 Å². The number of carbonyl (C=O) groups is 1. The first-order chi connectivity index (χ1) is 9.56. The normalized spacial score (nSPS) is 10.9. The molecule has 1 aromatic carbocycles. The van der Waals surface area contributed by atoms with Crippen LogP contribution in [0.5, 0.6) is 0 Å². The van der Waals surface area contributed by atoms with E-state index in [1.54, 1.807) is 0 Å². The van der Waals surface area contributed by atoms with Crippen molar-refractivity contribution < 1.29 is 13.6 Å². The van der Waals surface area contributed by atoms with Crippen molar-refractivity contribution in [2.24, 2.45) is 0 Å². The van der Waals surface area contributed by atoms with Crippen molar-refractivity contribution in [2.75, 3.05) is 0 Å². The van der Waals surface area contributed by atoms with Crippen molar-refractivity contribution in [1.82, 2.24) is 14.4 Å². The fourth-order valence-corrected chi connectivity index (χ4v) is 2.02. The Kier molecular flexibility index (Phi) is 2.94. The lowest BCUT2D eigenvalue weighted by atomic mass is 10.1. The lowest BCUT2D eigenvalue weighted by Crippen LogP contribution is -2.10. The second-order valence-electron chi connectivity index (χ2n) is 4.00. The molecule has 3 aromatic rings. The maximum absolute atomic E-state index is 13.4. The van der Waals surface area contributed by atoms with Gasteiger partial charge in [0.25, 0.3) is 0 Å². The number of fused-ring (bicyclic) bond motifs is 1. The average molecular weight is 294 g/mol. The van der Waals surface area contributed by atoms with Gasteiger partial charge in [-0.3, -0.25) is 4.79 Å². The highest BCUT2D eigenvalue weighted by atomic mass is 35.5. The molecule has 0 fully saturated rings. The Labute approximate surface area is 116 Å². The zero-order chi connectivity index (χ0) is 14.3. The van der Waals surface area contributed by atoms with E-state index in [2.05, 4.69) is 9.97 Å². The van der Waals surface area contributed by atoms with Gasteiger partial charge in [-0.2, -0.15) is 9.37 Å². The summed E-state index contributed by atoms with van der Waals surface area (Å²) in [7, 11) is 0. The zero-order valence-corrected chi connectivity index (χ0v) is 10.6. The number of benzene rings is 1. The van der Waals surface area contributed by atoms with Crippen LogP contribution in [0.4, 0.5) is 8.78 Å². The van der Waals surface area contributed by atoms with Crippen LogP contribution < -0.4 is 0 Å². The Morgan fingerprint density at radius 1 is 1.05 bits per heavy atom. The average Bonchev–Trinajstić information content (AvgIpc) is 2.81. The van der Waals surface area contributed by atoms with Gasteiger partial charge in [0.1, 0.15) is 11.5 Å². The molecule has 0 saturated heterocycles. The molecule has 0 atom stereocenters. The van der Waals surface area contributed by atoms with Crippen LogP contribution in [0.2, 0.25) is 5.28 Å². The van der Waals surface area contributed by atoms with E-state index in [0.717, 1.165) is 16.5 Å². The highest BCUT2D eigenvalue weighted by molar-refractivity contribution is 6.28. The molecule has 2 heterocycles. The van der Waals surface area contributed by atoms with E-state index < -0.39 is 17.5 Å². The lowest BCUT2D eigenvalue weighted by Gasteiger charge is -2.03. The van der Waals surface area contributed by atoms with Gasteiger partial charge in [0.15, 0.2) is 0 Å². The van der Waals surface area contributed by atoms with Gasteiger partial charge < -0.3 is 0 Å². The molecule has 0 unspecified atom stereocenters. The minimum absolute atomic E-state index is 0.174. The van der Waals surface area contributed by atoms with Gasteiger partial charge in [0.2, 0.25) is 22.8 Å². The molecule has 100 valence electrons. The number of halogens is 3. The van der Waals surface area contributed by atoms with Gasteiger partial charge in [-0.15, -0.1) is 0 Å². The predicted octanol–water partition coefficient (Wildman–Crippen LogP) is 2.89.